The van der Waals surface area contributed by atoms with Gasteiger partial charge in [-0.05, 0) is 36.3 Å². The van der Waals surface area contributed by atoms with Crippen molar-refractivity contribution in [3.63, 3.8) is 0 Å². The summed E-state index contributed by atoms with van der Waals surface area (Å²) in [5, 5.41) is 7.59. The quantitative estimate of drug-likeness (QED) is 0.607. The lowest BCUT2D eigenvalue weighted by Gasteiger charge is -2.37. The fourth-order valence-corrected chi connectivity index (χ4v) is 4.17. The maximum Gasteiger partial charge on any atom is 0.191 e. The van der Waals surface area contributed by atoms with E-state index in [0.717, 1.165) is 54.9 Å². The van der Waals surface area contributed by atoms with Crippen LogP contribution in [0, 0.1) is 0 Å². The number of hydrogen-bond acceptors (Lipinski definition) is 3. The van der Waals surface area contributed by atoms with Gasteiger partial charge < -0.3 is 15.4 Å². The number of guanidine groups is 1. The first-order valence-corrected chi connectivity index (χ1v) is 9.44. The molecule has 6 heteroatoms. The van der Waals surface area contributed by atoms with Gasteiger partial charge in [-0.1, -0.05) is 30.7 Å². The molecule has 0 atom stereocenters. The molecule has 1 aliphatic heterocycles. The zero-order chi connectivity index (χ0) is 16.5. The number of benzene rings is 1. The maximum absolute atomic E-state index is 6.02. The smallest absolute Gasteiger partial charge is 0.191 e. The van der Waals surface area contributed by atoms with Crippen molar-refractivity contribution >= 4 is 29.3 Å². The standard InChI is InChI=1S/C17H26ClN3OS/c1-3-23-17(7-9-22-10-8-17)13-21-16(19-2)20-12-14-5-4-6-15(18)11-14/h4-6,11H,3,7-10,12-13H2,1-2H3,(H2,19,20,21). The van der Waals surface area contributed by atoms with E-state index in [1.807, 2.05) is 30.0 Å². The van der Waals surface area contributed by atoms with Crippen molar-refractivity contribution in [2.45, 2.75) is 31.1 Å². The lowest BCUT2D eigenvalue weighted by Crippen LogP contribution is -2.48. The molecule has 23 heavy (non-hydrogen) atoms. The Morgan fingerprint density at radius 1 is 1.35 bits per heavy atom. The van der Waals surface area contributed by atoms with Crippen LogP contribution in [0.1, 0.15) is 25.3 Å². The van der Waals surface area contributed by atoms with Gasteiger partial charge >= 0.3 is 0 Å². The van der Waals surface area contributed by atoms with Gasteiger partial charge in [0.1, 0.15) is 0 Å². The molecule has 0 bridgehead atoms. The van der Waals surface area contributed by atoms with Gasteiger partial charge in [0, 0.05) is 43.1 Å². The highest BCUT2D eigenvalue weighted by molar-refractivity contribution is 8.00. The van der Waals surface area contributed by atoms with E-state index < -0.39 is 0 Å². The summed E-state index contributed by atoms with van der Waals surface area (Å²) in [6, 6.07) is 7.87. The lowest BCUT2D eigenvalue weighted by molar-refractivity contribution is 0.0782. The number of hydrogen-bond donors (Lipinski definition) is 2. The van der Waals surface area contributed by atoms with Crippen molar-refractivity contribution in [2.24, 2.45) is 4.99 Å². The Balaban J connectivity index is 1.86. The number of nitrogens with zero attached hydrogens (tertiary/aromatic N) is 1. The van der Waals surface area contributed by atoms with E-state index in [9.17, 15) is 0 Å². The highest BCUT2D eigenvalue weighted by Gasteiger charge is 2.32. The van der Waals surface area contributed by atoms with E-state index in [4.69, 9.17) is 16.3 Å². The van der Waals surface area contributed by atoms with E-state index in [2.05, 4.69) is 28.6 Å². The van der Waals surface area contributed by atoms with E-state index in [1.54, 1.807) is 7.05 Å². The summed E-state index contributed by atoms with van der Waals surface area (Å²) >= 11 is 8.05. The molecule has 1 aliphatic rings. The first kappa shape index (κ1) is 18.4. The van der Waals surface area contributed by atoms with Gasteiger partial charge in [0.2, 0.25) is 0 Å². The third-order valence-corrected chi connectivity index (χ3v) is 5.69. The second-order valence-electron chi connectivity index (χ2n) is 5.64. The second-order valence-corrected chi connectivity index (χ2v) is 7.81. The topological polar surface area (TPSA) is 45.7 Å². The van der Waals surface area contributed by atoms with Crippen molar-refractivity contribution in [3.8, 4) is 0 Å². The number of rotatable bonds is 6. The van der Waals surface area contributed by atoms with Gasteiger partial charge in [0.05, 0.1) is 0 Å². The molecule has 128 valence electrons. The minimum Gasteiger partial charge on any atom is -0.381 e. The van der Waals surface area contributed by atoms with Gasteiger partial charge in [0.25, 0.3) is 0 Å². The van der Waals surface area contributed by atoms with Crippen molar-refractivity contribution in [2.75, 3.05) is 32.6 Å². The molecule has 4 nitrogen and oxygen atoms in total. The number of nitrogens with one attached hydrogen (secondary N) is 2. The Bertz CT molecular complexity index is 513. The Hall–Kier alpha value is -0.910. The van der Waals surface area contributed by atoms with Crippen LogP contribution in [-0.2, 0) is 11.3 Å². The molecule has 1 aromatic rings. The lowest BCUT2D eigenvalue weighted by atomic mass is 9.99. The zero-order valence-electron chi connectivity index (χ0n) is 13.9. The van der Waals surface area contributed by atoms with Gasteiger partial charge in [-0.15, -0.1) is 0 Å². The normalized spacial score (nSPS) is 17.8. The van der Waals surface area contributed by atoms with Crippen molar-refractivity contribution < 1.29 is 4.74 Å². The highest BCUT2D eigenvalue weighted by Crippen LogP contribution is 2.34. The number of thioether (sulfide) groups is 1. The summed E-state index contributed by atoms with van der Waals surface area (Å²) in [6.07, 6.45) is 2.17. The Morgan fingerprint density at radius 2 is 2.13 bits per heavy atom. The molecule has 0 aromatic heterocycles. The Kier molecular flexibility index (Phi) is 7.53. The van der Waals surface area contributed by atoms with Crippen LogP contribution in [-0.4, -0.2) is 43.3 Å². The molecule has 1 aromatic carbocycles. The minimum absolute atomic E-state index is 0.251. The third kappa shape index (κ3) is 5.90. The largest absolute Gasteiger partial charge is 0.381 e. The fraction of sp³-hybridized carbons (Fsp3) is 0.588. The number of ether oxygens (including phenoxy) is 1. The van der Waals surface area contributed by atoms with Crippen LogP contribution in [0.2, 0.25) is 5.02 Å². The fourth-order valence-electron chi connectivity index (χ4n) is 2.72. The summed E-state index contributed by atoms with van der Waals surface area (Å²) < 4.78 is 5.77. The molecule has 1 saturated heterocycles. The number of halogens is 1. The molecule has 0 unspecified atom stereocenters. The summed E-state index contributed by atoms with van der Waals surface area (Å²) in [6.45, 7) is 5.53. The van der Waals surface area contributed by atoms with Crippen LogP contribution in [0.5, 0.6) is 0 Å². The minimum atomic E-state index is 0.251. The van der Waals surface area contributed by atoms with Gasteiger partial charge in [-0.2, -0.15) is 11.8 Å². The Morgan fingerprint density at radius 3 is 2.78 bits per heavy atom. The number of aliphatic imine (C=N–C) groups is 1. The molecule has 2 N–H and O–H groups in total. The van der Waals surface area contributed by atoms with Crippen molar-refractivity contribution in [1.82, 2.24) is 10.6 Å². The first-order valence-electron chi connectivity index (χ1n) is 8.08. The van der Waals surface area contributed by atoms with Gasteiger partial charge in [-0.25, -0.2) is 0 Å². The molecule has 0 amide bonds. The third-order valence-electron chi connectivity index (χ3n) is 4.01. The zero-order valence-corrected chi connectivity index (χ0v) is 15.5. The summed E-state index contributed by atoms with van der Waals surface area (Å²) in [5.41, 5.74) is 1.14. The van der Waals surface area contributed by atoms with Crippen LogP contribution in [0.25, 0.3) is 0 Å². The molecule has 1 heterocycles. The van der Waals surface area contributed by atoms with E-state index >= 15 is 0 Å². The van der Waals surface area contributed by atoms with E-state index in [0.29, 0.717) is 6.54 Å². The van der Waals surface area contributed by atoms with Crippen LogP contribution in [0.15, 0.2) is 29.3 Å². The SMILES string of the molecule is CCSC1(CNC(=NC)NCc2cccc(Cl)c2)CCOCC1. The Labute approximate surface area is 148 Å². The van der Waals surface area contributed by atoms with Gasteiger partial charge in [-0.3, -0.25) is 4.99 Å². The average Bonchev–Trinajstić information content (AvgIpc) is 2.56. The molecular formula is C17H26ClN3OS. The van der Waals surface area contributed by atoms with Crippen molar-refractivity contribution in [1.29, 1.82) is 0 Å². The molecular weight excluding hydrogens is 330 g/mol. The first-order chi connectivity index (χ1) is 11.2. The summed E-state index contributed by atoms with van der Waals surface area (Å²) in [5.74, 6) is 1.95. The van der Waals surface area contributed by atoms with Crippen LogP contribution >= 0.6 is 23.4 Å². The predicted molar refractivity (Wildman–Crippen MR) is 101 cm³/mol. The van der Waals surface area contributed by atoms with Crippen LogP contribution in [0.3, 0.4) is 0 Å². The average molecular weight is 356 g/mol. The second kappa shape index (κ2) is 9.40. The van der Waals surface area contributed by atoms with E-state index in [-0.39, 0.29) is 4.75 Å². The van der Waals surface area contributed by atoms with Crippen molar-refractivity contribution in [3.05, 3.63) is 34.9 Å². The molecule has 1 fully saturated rings. The molecule has 0 saturated carbocycles. The molecule has 2 rings (SSSR count). The van der Waals surface area contributed by atoms with E-state index in [1.165, 1.54) is 0 Å². The molecule has 0 spiro atoms. The summed E-state index contributed by atoms with van der Waals surface area (Å²) in [7, 11) is 1.80. The summed E-state index contributed by atoms with van der Waals surface area (Å²) in [4.78, 5) is 4.32. The van der Waals surface area contributed by atoms with Crippen LogP contribution < -0.4 is 10.6 Å². The van der Waals surface area contributed by atoms with Gasteiger partial charge in [0.15, 0.2) is 5.96 Å². The molecule has 0 aliphatic carbocycles. The van der Waals surface area contributed by atoms with Crippen LogP contribution in [0.4, 0.5) is 0 Å². The molecule has 0 radical (unpaired) electrons. The highest BCUT2D eigenvalue weighted by atomic mass is 35.5. The maximum atomic E-state index is 6.02. The predicted octanol–water partition coefficient (Wildman–Crippen LogP) is 3.31. The monoisotopic (exact) mass is 355 g/mol.